The highest BCUT2D eigenvalue weighted by Gasteiger charge is 2.34. The molecule has 2 aliphatic heterocycles. The summed E-state index contributed by atoms with van der Waals surface area (Å²) in [5, 5.41) is 9.47. The van der Waals surface area contributed by atoms with Crippen LogP contribution in [0, 0.1) is 6.92 Å². The van der Waals surface area contributed by atoms with Gasteiger partial charge in [0.1, 0.15) is 0 Å². The molecule has 4 nitrogen and oxygen atoms in total. The molecule has 2 saturated heterocycles. The number of hydrogen-bond donors (Lipinski definition) is 1. The van der Waals surface area contributed by atoms with Gasteiger partial charge in [0.25, 0.3) is 0 Å². The highest BCUT2D eigenvalue weighted by atomic mass is 16.4. The van der Waals surface area contributed by atoms with E-state index in [1.165, 1.54) is 25.8 Å². The lowest BCUT2D eigenvalue weighted by molar-refractivity contribution is 0.0696. The average molecular weight is 288 g/mol. The predicted octanol–water partition coefficient (Wildman–Crippen LogP) is 2.76. The van der Waals surface area contributed by atoms with Gasteiger partial charge >= 0.3 is 5.97 Å². The van der Waals surface area contributed by atoms with Crippen molar-refractivity contribution in [2.45, 2.75) is 45.2 Å². The van der Waals surface area contributed by atoms with Crippen molar-refractivity contribution in [3.63, 3.8) is 0 Å². The zero-order chi connectivity index (χ0) is 15.0. The highest BCUT2D eigenvalue weighted by Crippen LogP contribution is 2.31. The molecule has 21 heavy (non-hydrogen) atoms. The molecule has 2 heterocycles. The summed E-state index contributed by atoms with van der Waals surface area (Å²) in [5.41, 5.74) is 2.44. The van der Waals surface area contributed by atoms with Gasteiger partial charge in [0, 0.05) is 25.2 Å². The van der Waals surface area contributed by atoms with Gasteiger partial charge in [0.2, 0.25) is 0 Å². The Labute approximate surface area is 126 Å². The van der Waals surface area contributed by atoms with Gasteiger partial charge in [-0.3, -0.25) is 4.90 Å². The normalized spacial score (nSPS) is 26.5. The van der Waals surface area contributed by atoms with Crippen LogP contribution in [0.2, 0.25) is 0 Å². The van der Waals surface area contributed by atoms with E-state index in [-0.39, 0.29) is 0 Å². The number of hydrogen-bond acceptors (Lipinski definition) is 3. The number of piperazine rings is 1. The minimum atomic E-state index is -0.830. The van der Waals surface area contributed by atoms with E-state index in [0.29, 0.717) is 17.6 Å². The largest absolute Gasteiger partial charge is 0.478 e. The summed E-state index contributed by atoms with van der Waals surface area (Å²) in [6.07, 6.45) is 3.83. The number of benzene rings is 1. The highest BCUT2D eigenvalue weighted by molar-refractivity contribution is 5.94. The van der Waals surface area contributed by atoms with Gasteiger partial charge in [0.05, 0.1) is 11.3 Å². The van der Waals surface area contributed by atoms with Crippen LogP contribution in [-0.2, 0) is 0 Å². The molecule has 1 aromatic carbocycles. The van der Waals surface area contributed by atoms with Gasteiger partial charge in [-0.2, -0.15) is 0 Å². The quantitative estimate of drug-likeness (QED) is 0.909. The van der Waals surface area contributed by atoms with E-state index in [4.69, 9.17) is 0 Å². The number of carbonyl (C=O) groups is 1. The molecule has 0 bridgehead atoms. The zero-order valence-electron chi connectivity index (χ0n) is 12.9. The van der Waals surface area contributed by atoms with Gasteiger partial charge in [-0.25, -0.2) is 4.79 Å². The Balaban J connectivity index is 1.92. The molecule has 0 aromatic heterocycles. The fourth-order valence-corrected chi connectivity index (χ4v) is 3.75. The maximum absolute atomic E-state index is 11.5. The van der Waals surface area contributed by atoms with Crippen LogP contribution < -0.4 is 4.90 Å². The number of aryl methyl sites for hydroxylation is 1. The first-order valence-electron chi connectivity index (χ1n) is 7.91. The first-order valence-corrected chi connectivity index (χ1v) is 7.91. The van der Waals surface area contributed by atoms with Crippen molar-refractivity contribution in [2.75, 3.05) is 24.5 Å². The van der Waals surface area contributed by atoms with Crippen molar-refractivity contribution in [1.29, 1.82) is 0 Å². The third-order valence-corrected chi connectivity index (χ3v) is 4.88. The molecule has 1 N–H and O–H groups in total. The smallest absolute Gasteiger partial charge is 0.337 e. The molecule has 2 unspecified atom stereocenters. The number of anilines is 1. The van der Waals surface area contributed by atoms with E-state index in [1.54, 1.807) is 6.07 Å². The van der Waals surface area contributed by atoms with Crippen molar-refractivity contribution >= 4 is 11.7 Å². The van der Waals surface area contributed by atoms with Crippen LogP contribution in [0.1, 0.15) is 42.1 Å². The number of fused-ring (bicyclic) bond motifs is 1. The SMILES string of the molecule is Cc1ccc(C(=O)O)c(N2CC3CCCCN3CC2C)c1. The van der Waals surface area contributed by atoms with Crippen molar-refractivity contribution < 1.29 is 9.90 Å². The fraction of sp³-hybridized carbons (Fsp3) is 0.588. The topological polar surface area (TPSA) is 43.8 Å². The first-order chi connectivity index (χ1) is 10.1. The summed E-state index contributed by atoms with van der Waals surface area (Å²) >= 11 is 0. The number of rotatable bonds is 2. The molecular weight excluding hydrogens is 264 g/mol. The first kappa shape index (κ1) is 14.4. The third kappa shape index (κ3) is 2.77. The predicted molar refractivity (Wildman–Crippen MR) is 84.2 cm³/mol. The molecule has 2 atom stereocenters. The minimum absolute atomic E-state index is 0.360. The van der Waals surface area contributed by atoms with E-state index in [2.05, 4.69) is 16.7 Å². The molecular formula is C17H24N2O2. The summed E-state index contributed by atoms with van der Waals surface area (Å²) in [5.74, 6) is -0.830. The Bertz CT molecular complexity index is 544. The van der Waals surface area contributed by atoms with E-state index in [9.17, 15) is 9.90 Å². The van der Waals surface area contributed by atoms with Crippen LogP contribution >= 0.6 is 0 Å². The second-order valence-corrected chi connectivity index (χ2v) is 6.47. The maximum atomic E-state index is 11.5. The maximum Gasteiger partial charge on any atom is 0.337 e. The molecule has 0 saturated carbocycles. The average Bonchev–Trinajstić information content (AvgIpc) is 2.46. The number of piperidine rings is 1. The molecule has 4 heteroatoms. The standard InChI is InChI=1S/C17H24N2O2/c1-12-6-7-15(17(20)21)16(9-12)19-11-14-5-3-4-8-18(14)10-13(19)2/h6-7,9,13-14H,3-5,8,10-11H2,1-2H3,(H,20,21). The molecule has 0 aliphatic carbocycles. The van der Waals surface area contributed by atoms with E-state index in [1.807, 2.05) is 19.1 Å². The number of aromatic carboxylic acids is 1. The summed E-state index contributed by atoms with van der Waals surface area (Å²) in [6.45, 7) is 7.42. The summed E-state index contributed by atoms with van der Waals surface area (Å²) in [6, 6.07) is 6.59. The van der Waals surface area contributed by atoms with Crippen LogP contribution in [0.25, 0.3) is 0 Å². The Morgan fingerprint density at radius 2 is 2.10 bits per heavy atom. The summed E-state index contributed by atoms with van der Waals surface area (Å²) in [4.78, 5) is 16.4. The molecule has 0 spiro atoms. The minimum Gasteiger partial charge on any atom is -0.478 e. The van der Waals surface area contributed by atoms with Crippen LogP contribution in [0.3, 0.4) is 0 Å². The number of carboxylic acid groups (broad SMARTS) is 1. The Morgan fingerprint density at radius 3 is 2.86 bits per heavy atom. The van der Waals surface area contributed by atoms with E-state index in [0.717, 1.165) is 24.3 Å². The van der Waals surface area contributed by atoms with Crippen LogP contribution in [0.15, 0.2) is 18.2 Å². The monoisotopic (exact) mass is 288 g/mol. The lowest BCUT2D eigenvalue weighted by atomic mass is 9.95. The lowest BCUT2D eigenvalue weighted by Gasteiger charge is -2.48. The van der Waals surface area contributed by atoms with Crippen LogP contribution in [0.4, 0.5) is 5.69 Å². The fourth-order valence-electron chi connectivity index (χ4n) is 3.75. The molecule has 0 radical (unpaired) electrons. The number of carboxylic acids is 1. The van der Waals surface area contributed by atoms with Crippen molar-refractivity contribution in [1.82, 2.24) is 4.90 Å². The lowest BCUT2D eigenvalue weighted by Crippen LogP contribution is -2.59. The number of nitrogens with zero attached hydrogens (tertiary/aromatic N) is 2. The summed E-state index contributed by atoms with van der Waals surface area (Å²) < 4.78 is 0. The molecule has 0 amide bonds. The van der Waals surface area contributed by atoms with E-state index < -0.39 is 5.97 Å². The van der Waals surface area contributed by atoms with Gasteiger partial charge in [-0.15, -0.1) is 0 Å². The summed E-state index contributed by atoms with van der Waals surface area (Å²) in [7, 11) is 0. The third-order valence-electron chi connectivity index (χ3n) is 4.88. The second kappa shape index (κ2) is 5.68. The van der Waals surface area contributed by atoms with Crippen molar-refractivity contribution in [2.24, 2.45) is 0 Å². The zero-order valence-corrected chi connectivity index (χ0v) is 12.9. The molecule has 3 rings (SSSR count). The second-order valence-electron chi connectivity index (χ2n) is 6.47. The molecule has 1 aromatic rings. The molecule has 114 valence electrons. The van der Waals surface area contributed by atoms with Crippen molar-refractivity contribution in [3.05, 3.63) is 29.3 Å². The van der Waals surface area contributed by atoms with Crippen LogP contribution in [-0.4, -0.2) is 47.7 Å². The van der Waals surface area contributed by atoms with E-state index >= 15 is 0 Å². The van der Waals surface area contributed by atoms with Gasteiger partial charge < -0.3 is 10.0 Å². The van der Waals surface area contributed by atoms with Gasteiger partial charge in [-0.1, -0.05) is 12.5 Å². The molecule has 2 fully saturated rings. The van der Waals surface area contributed by atoms with Gasteiger partial charge in [-0.05, 0) is 50.9 Å². The van der Waals surface area contributed by atoms with Gasteiger partial charge in [0.15, 0.2) is 0 Å². The van der Waals surface area contributed by atoms with Crippen LogP contribution in [0.5, 0.6) is 0 Å². The Morgan fingerprint density at radius 1 is 1.29 bits per heavy atom. The van der Waals surface area contributed by atoms with Crippen molar-refractivity contribution in [3.8, 4) is 0 Å². The molecule has 2 aliphatic rings. The Kier molecular flexibility index (Phi) is 3.89. The Hall–Kier alpha value is -1.55.